The molecule has 1 amide bonds. The largest absolute Gasteiger partial charge is 0.508 e. The molecule has 0 bridgehead atoms. The third kappa shape index (κ3) is 3.93. The number of fused-ring (bicyclic) bond motifs is 1. The van der Waals surface area contributed by atoms with E-state index < -0.39 is 30.0 Å². The van der Waals surface area contributed by atoms with E-state index >= 15 is 0 Å². The van der Waals surface area contributed by atoms with Gasteiger partial charge in [0, 0.05) is 24.2 Å². The van der Waals surface area contributed by atoms with E-state index in [1.165, 1.54) is 54.6 Å². The van der Waals surface area contributed by atoms with Gasteiger partial charge in [0.25, 0.3) is 5.91 Å². The second kappa shape index (κ2) is 7.36. The fourth-order valence-electron chi connectivity index (χ4n) is 3.38. The number of rotatable bonds is 3. The van der Waals surface area contributed by atoms with Crippen LogP contribution in [0.2, 0.25) is 0 Å². The van der Waals surface area contributed by atoms with Gasteiger partial charge >= 0.3 is 6.18 Å². The predicted molar refractivity (Wildman–Crippen MR) is 101 cm³/mol. The molecule has 0 saturated heterocycles. The molecule has 1 aliphatic heterocycles. The van der Waals surface area contributed by atoms with Crippen LogP contribution in [0.4, 0.5) is 29.1 Å². The monoisotopic (exact) mass is 420 g/mol. The quantitative estimate of drug-likeness (QED) is 0.540. The summed E-state index contributed by atoms with van der Waals surface area (Å²) in [5.74, 6) is -1.25. The van der Waals surface area contributed by atoms with Crippen LogP contribution in [0.25, 0.3) is 0 Å². The van der Waals surface area contributed by atoms with Gasteiger partial charge in [0.05, 0.1) is 6.04 Å². The molecular weight excluding hydrogens is 404 g/mol. The molecule has 2 aromatic carbocycles. The number of phenolic OH excluding ortho intramolecular Hbond substituents is 1. The number of nitrogens with zero attached hydrogens (tertiary/aromatic N) is 2. The van der Waals surface area contributed by atoms with Gasteiger partial charge in [0.1, 0.15) is 17.4 Å². The fraction of sp³-hybridized carbons (Fsp3) is 0.200. The van der Waals surface area contributed by atoms with E-state index in [-0.39, 0.29) is 29.4 Å². The number of phenols is 1. The number of alkyl halides is 3. The molecule has 3 aromatic rings. The lowest BCUT2D eigenvalue weighted by Crippen LogP contribution is -2.35. The average Bonchev–Trinajstić information content (AvgIpc) is 3.11. The second-order valence-corrected chi connectivity index (χ2v) is 6.91. The summed E-state index contributed by atoms with van der Waals surface area (Å²) >= 11 is 0. The maximum Gasteiger partial charge on any atom is 0.410 e. The van der Waals surface area contributed by atoms with Crippen LogP contribution in [0.1, 0.15) is 34.6 Å². The molecule has 1 aliphatic rings. The molecule has 1 aromatic heterocycles. The second-order valence-electron chi connectivity index (χ2n) is 6.91. The molecule has 0 spiro atoms. The van der Waals surface area contributed by atoms with Crippen LogP contribution in [0.3, 0.4) is 0 Å². The number of benzene rings is 2. The summed E-state index contributed by atoms with van der Waals surface area (Å²) in [4.78, 5) is 12.5. The first-order valence-corrected chi connectivity index (χ1v) is 8.99. The highest BCUT2D eigenvalue weighted by atomic mass is 19.4. The lowest BCUT2D eigenvalue weighted by Gasteiger charge is -2.33. The van der Waals surface area contributed by atoms with E-state index in [1.54, 1.807) is 0 Å². The summed E-state index contributed by atoms with van der Waals surface area (Å²) in [6, 6.07) is 9.49. The Hall–Kier alpha value is -3.56. The average molecular weight is 420 g/mol. The van der Waals surface area contributed by atoms with Crippen molar-refractivity contribution in [3.63, 3.8) is 0 Å². The molecule has 0 fully saturated rings. The van der Waals surface area contributed by atoms with Gasteiger partial charge in [-0.25, -0.2) is 9.07 Å². The van der Waals surface area contributed by atoms with E-state index in [4.69, 9.17) is 0 Å². The van der Waals surface area contributed by atoms with Crippen LogP contribution < -0.4 is 10.6 Å². The van der Waals surface area contributed by atoms with E-state index in [0.29, 0.717) is 5.56 Å². The van der Waals surface area contributed by atoms with Crippen molar-refractivity contribution >= 4 is 17.4 Å². The first-order chi connectivity index (χ1) is 14.2. The van der Waals surface area contributed by atoms with Gasteiger partial charge in [0.15, 0.2) is 11.7 Å². The summed E-state index contributed by atoms with van der Waals surface area (Å²) in [7, 11) is 0. The highest BCUT2D eigenvalue weighted by molar-refractivity contribution is 6.03. The molecule has 0 unspecified atom stereocenters. The van der Waals surface area contributed by atoms with E-state index in [0.717, 1.165) is 4.68 Å². The predicted octanol–water partition coefficient (Wildman–Crippen LogP) is 4.64. The Morgan fingerprint density at radius 1 is 1.17 bits per heavy atom. The van der Waals surface area contributed by atoms with Gasteiger partial charge in [-0.3, -0.25) is 4.79 Å². The third-order valence-electron chi connectivity index (χ3n) is 4.80. The number of anilines is 2. The van der Waals surface area contributed by atoms with Gasteiger partial charge in [-0.2, -0.15) is 18.3 Å². The van der Waals surface area contributed by atoms with Crippen molar-refractivity contribution in [3.8, 4) is 5.75 Å². The third-order valence-corrected chi connectivity index (χ3v) is 4.80. The zero-order chi connectivity index (χ0) is 21.5. The molecule has 156 valence electrons. The van der Waals surface area contributed by atoms with Crippen molar-refractivity contribution in [3.05, 3.63) is 71.7 Å². The number of hydrogen-bond donors (Lipinski definition) is 3. The van der Waals surface area contributed by atoms with Crippen LogP contribution in [0.15, 0.2) is 54.6 Å². The van der Waals surface area contributed by atoms with Crippen molar-refractivity contribution in [1.29, 1.82) is 0 Å². The molecule has 4 rings (SSSR count). The number of carbonyl (C=O) groups excluding carboxylic acids is 1. The standard InChI is InChI=1S/C20H16F4N4O2/c21-12-6-4-11(5-7-12)15-9-17(20(22,23)24)28-18(26-15)10-16(27-28)19(30)25-13-2-1-3-14(29)8-13/h1-8,10,15,17,26,29H,9H2,(H,25,30)/t15-,17+/m0/s1. The molecule has 3 N–H and O–H groups in total. The van der Waals surface area contributed by atoms with Crippen molar-refractivity contribution in [2.24, 2.45) is 0 Å². The number of aromatic nitrogens is 2. The highest BCUT2D eigenvalue weighted by Crippen LogP contribution is 2.43. The Kier molecular flexibility index (Phi) is 4.84. The Morgan fingerprint density at radius 2 is 1.90 bits per heavy atom. The minimum atomic E-state index is -4.60. The number of halogens is 4. The molecule has 10 heteroatoms. The van der Waals surface area contributed by atoms with Crippen molar-refractivity contribution < 1.29 is 27.5 Å². The van der Waals surface area contributed by atoms with Crippen LogP contribution in [0.5, 0.6) is 5.75 Å². The molecule has 0 radical (unpaired) electrons. The topological polar surface area (TPSA) is 79.2 Å². The van der Waals surface area contributed by atoms with Gasteiger partial charge < -0.3 is 15.7 Å². The maximum absolute atomic E-state index is 13.7. The Morgan fingerprint density at radius 3 is 2.57 bits per heavy atom. The van der Waals surface area contributed by atoms with Gasteiger partial charge in [-0.1, -0.05) is 18.2 Å². The minimum Gasteiger partial charge on any atom is -0.508 e. The SMILES string of the molecule is O=C(Nc1cccc(O)c1)c1cc2n(n1)[C@@H](C(F)(F)F)C[C@@H](c1ccc(F)cc1)N2. The van der Waals surface area contributed by atoms with Crippen molar-refractivity contribution in [2.75, 3.05) is 10.6 Å². The zero-order valence-corrected chi connectivity index (χ0v) is 15.3. The molecule has 6 nitrogen and oxygen atoms in total. The maximum atomic E-state index is 13.7. The lowest BCUT2D eigenvalue weighted by atomic mass is 9.97. The zero-order valence-electron chi connectivity index (χ0n) is 15.3. The number of hydrogen-bond acceptors (Lipinski definition) is 4. The number of amides is 1. The summed E-state index contributed by atoms with van der Waals surface area (Å²) in [6.07, 6.45) is -4.96. The fourth-order valence-corrected chi connectivity index (χ4v) is 3.38. The van der Waals surface area contributed by atoms with Crippen LogP contribution in [-0.2, 0) is 0 Å². The molecular formula is C20H16F4N4O2. The number of nitrogens with one attached hydrogen (secondary N) is 2. The lowest BCUT2D eigenvalue weighted by molar-refractivity contribution is -0.173. The first kappa shape index (κ1) is 19.7. The summed E-state index contributed by atoms with van der Waals surface area (Å²) in [5, 5.41) is 18.8. The summed E-state index contributed by atoms with van der Waals surface area (Å²) in [5.41, 5.74) is 0.550. The highest BCUT2D eigenvalue weighted by Gasteiger charge is 2.46. The molecule has 0 saturated carbocycles. The number of carbonyl (C=O) groups is 1. The van der Waals surface area contributed by atoms with Gasteiger partial charge in [0.2, 0.25) is 0 Å². The first-order valence-electron chi connectivity index (χ1n) is 8.99. The van der Waals surface area contributed by atoms with Crippen molar-refractivity contribution in [1.82, 2.24) is 9.78 Å². The Bertz CT molecular complexity index is 1080. The smallest absolute Gasteiger partial charge is 0.410 e. The normalized spacial score (nSPS) is 18.4. The molecule has 30 heavy (non-hydrogen) atoms. The van der Waals surface area contributed by atoms with E-state index in [1.807, 2.05) is 0 Å². The van der Waals surface area contributed by atoms with Crippen LogP contribution >= 0.6 is 0 Å². The van der Waals surface area contributed by atoms with Gasteiger partial charge in [-0.15, -0.1) is 0 Å². The van der Waals surface area contributed by atoms with E-state index in [9.17, 15) is 27.5 Å². The molecule has 2 heterocycles. The molecule has 2 atom stereocenters. The summed E-state index contributed by atoms with van der Waals surface area (Å²) < 4.78 is 55.0. The molecule has 0 aliphatic carbocycles. The summed E-state index contributed by atoms with van der Waals surface area (Å²) in [6.45, 7) is 0. The van der Waals surface area contributed by atoms with Crippen LogP contribution in [-0.4, -0.2) is 27.0 Å². The number of aromatic hydroxyl groups is 1. The van der Waals surface area contributed by atoms with Gasteiger partial charge in [-0.05, 0) is 29.8 Å². The minimum absolute atomic E-state index is 0.0268. The Balaban J connectivity index is 1.64. The van der Waals surface area contributed by atoms with Crippen molar-refractivity contribution in [2.45, 2.75) is 24.7 Å². The Labute approximate surface area is 168 Å². The van der Waals surface area contributed by atoms with E-state index in [2.05, 4.69) is 15.7 Å². The van der Waals surface area contributed by atoms with Crippen LogP contribution in [0, 0.1) is 5.82 Å².